The van der Waals surface area contributed by atoms with E-state index in [2.05, 4.69) is 10.2 Å². The van der Waals surface area contributed by atoms with E-state index >= 15 is 0 Å². The van der Waals surface area contributed by atoms with E-state index in [9.17, 15) is 14.4 Å². The van der Waals surface area contributed by atoms with Crippen LogP contribution in [0.2, 0.25) is 0 Å². The van der Waals surface area contributed by atoms with Crippen LogP contribution in [0.4, 0.5) is 4.79 Å². The molecular formula is C23H32N4O3. The van der Waals surface area contributed by atoms with E-state index in [1.807, 2.05) is 37.4 Å². The van der Waals surface area contributed by atoms with Gasteiger partial charge < -0.3 is 15.1 Å². The molecule has 3 fully saturated rings. The smallest absolute Gasteiger partial charge is 0.325 e. The van der Waals surface area contributed by atoms with Crippen LogP contribution >= 0.6 is 0 Å². The van der Waals surface area contributed by atoms with Crippen molar-refractivity contribution in [1.82, 2.24) is 20.0 Å². The second-order valence-corrected chi connectivity index (χ2v) is 8.89. The summed E-state index contributed by atoms with van der Waals surface area (Å²) in [4.78, 5) is 43.4. The van der Waals surface area contributed by atoms with Crippen molar-refractivity contribution in [3.05, 3.63) is 35.9 Å². The lowest BCUT2D eigenvalue weighted by Crippen LogP contribution is -2.51. The van der Waals surface area contributed by atoms with Gasteiger partial charge >= 0.3 is 6.03 Å². The molecule has 0 bridgehead atoms. The van der Waals surface area contributed by atoms with Crippen LogP contribution in [0.3, 0.4) is 0 Å². The van der Waals surface area contributed by atoms with Crippen LogP contribution in [0, 0.1) is 5.92 Å². The third-order valence-electron chi connectivity index (χ3n) is 6.83. The van der Waals surface area contributed by atoms with E-state index in [0.29, 0.717) is 12.0 Å². The predicted molar refractivity (Wildman–Crippen MR) is 114 cm³/mol. The molecule has 1 N–H and O–H groups in total. The summed E-state index contributed by atoms with van der Waals surface area (Å²) < 4.78 is 0. The maximum Gasteiger partial charge on any atom is 0.325 e. The highest BCUT2D eigenvalue weighted by atomic mass is 16.2. The van der Waals surface area contributed by atoms with Gasteiger partial charge in [-0.2, -0.15) is 0 Å². The molecule has 0 radical (unpaired) electrons. The number of carbonyl (C=O) groups is 3. The number of amides is 4. The monoisotopic (exact) mass is 412 g/mol. The molecule has 0 unspecified atom stereocenters. The molecule has 0 aromatic heterocycles. The molecule has 3 heterocycles. The Balaban J connectivity index is 1.32. The predicted octanol–water partition coefficient (Wildman–Crippen LogP) is 2.22. The molecule has 0 aliphatic carbocycles. The Labute approximate surface area is 178 Å². The third-order valence-corrected chi connectivity index (χ3v) is 6.83. The van der Waals surface area contributed by atoms with E-state index in [-0.39, 0.29) is 24.8 Å². The first-order valence-electron chi connectivity index (χ1n) is 11.2. The van der Waals surface area contributed by atoms with Crippen molar-refractivity contribution < 1.29 is 14.4 Å². The number of benzene rings is 1. The van der Waals surface area contributed by atoms with Gasteiger partial charge in [-0.15, -0.1) is 0 Å². The Kier molecular flexibility index (Phi) is 6.37. The summed E-state index contributed by atoms with van der Waals surface area (Å²) in [5.41, 5.74) is 0.888. The quantitative estimate of drug-likeness (QED) is 0.727. The van der Waals surface area contributed by atoms with Gasteiger partial charge in [0.25, 0.3) is 5.91 Å². The van der Waals surface area contributed by atoms with Crippen molar-refractivity contribution in [1.29, 1.82) is 0 Å². The number of carbonyl (C=O) groups excluding carboxylic acids is 3. The Morgan fingerprint density at radius 2 is 1.87 bits per heavy atom. The highest BCUT2D eigenvalue weighted by molar-refractivity contribution is 6.05. The topological polar surface area (TPSA) is 73.0 Å². The van der Waals surface area contributed by atoms with Gasteiger partial charge in [0.1, 0.15) is 6.04 Å². The zero-order valence-corrected chi connectivity index (χ0v) is 17.8. The zero-order chi connectivity index (χ0) is 21.1. The largest absolute Gasteiger partial charge is 0.345 e. The minimum absolute atomic E-state index is 0.0213. The summed E-state index contributed by atoms with van der Waals surface area (Å²) in [6.45, 7) is 3.31. The molecule has 162 valence electrons. The Morgan fingerprint density at radius 1 is 1.10 bits per heavy atom. The molecule has 3 atom stereocenters. The number of imide groups is 1. The van der Waals surface area contributed by atoms with Crippen molar-refractivity contribution >= 4 is 17.8 Å². The van der Waals surface area contributed by atoms with Crippen molar-refractivity contribution in [3.63, 3.8) is 0 Å². The van der Waals surface area contributed by atoms with Gasteiger partial charge in [-0.1, -0.05) is 36.8 Å². The first-order chi connectivity index (χ1) is 14.5. The van der Waals surface area contributed by atoms with Crippen LogP contribution in [0.25, 0.3) is 0 Å². The molecular weight excluding hydrogens is 380 g/mol. The molecule has 0 spiro atoms. The summed E-state index contributed by atoms with van der Waals surface area (Å²) in [5, 5.41) is 2.69. The van der Waals surface area contributed by atoms with Crippen LogP contribution in [0.15, 0.2) is 30.3 Å². The van der Waals surface area contributed by atoms with Crippen LogP contribution in [-0.4, -0.2) is 71.3 Å². The number of rotatable bonds is 6. The Morgan fingerprint density at radius 3 is 2.67 bits per heavy atom. The van der Waals surface area contributed by atoms with Crippen LogP contribution < -0.4 is 5.32 Å². The molecule has 3 aliphatic rings. The average Bonchev–Trinajstić information content (AvgIpc) is 3.02. The van der Waals surface area contributed by atoms with Crippen molar-refractivity contribution in [3.8, 4) is 0 Å². The number of fused-ring (bicyclic) bond motifs is 1. The summed E-state index contributed by atoms with van der Waals surface area (Å²) >= 11 is 0. The lowest BCUT2D eigenvalue weighted by atomic mass is 9.83. The summed E-state index contributed by atoms with van der Waals surface area (Å²) in [7, 11) is 1.83. The summed E-state index contributed by atoms with van der Waals surface area (Å²) in [6.07, 6.45) is 6.14. The van der Waals surface area contributed by atoms with Gasteiger partial charge in [-0.25, -0.2) is 4.79 Å². The molecule has 4 amide bonds. The number of piperidine rings is 2. The minimum atomic E-state index is -0.770. The fourth-order valence-electron chi connectivity index (χ4n) is 5.21. The second kappa shape index (κ2) is 9.16. The highest BCUT2D eigenvalue weighted by Gasteiger charge is 2.40. The maximum atomic E-state index is 12.8. The van der Waals surface area contributed by atoms with Gasteiger partial charge in [0.15, 0.2) is 0 Å². The lowest BCUT2D eigenvalue weighted by molar-refractivity contribution is -0.135. The summed E-state index contributed by atoms with van der Waals surface area (Å²) in [6, 6.07) is 8.80. The van der Waals surface area contributed by atoms with Crippen molar-refractivity contribution in [2.45, 2.75) is 57.2 Å². The Bertz CT molecular complexity index is 782. The fraction of sp³-hybridized carbons (Fsp3) is 0.609. The molecule has 4 rings (SSSR count). The zero-order valence-electron chi connectivity index (χ0n) is 17.8. The maximum absolute atomic E-state index is 12.8. The molecule has 1 aromatic rings. The first-order valence-corrected chi connectivity index (χ1v) is 11.2. The molecule has 3 aliphatic heterocycles. The van der Waals surface area contributed by atoms with Gasteiger partial charge in [-0.05, 0) is 50.3 Å². The molecule has 0 saturated carbocycles. The van der Waals surface area contributed by atoms with E-state index in [1.165, 1.54) is 43.7 Å². The molecule has 30 heavy (non-hydrogen) atoms. The standard InChI is InChI=1S/C23H32N4O3/c1-25(16-18-10-7-13-26-12-6-5-11-20(18)26)21(28)14-19-22(29)27(23(30)24-19)15-17-8-3-2-4-9-17/h2-4,8-9,18-20H,5-7,10-16H2,1H3,(H,24,30)/t18-,19+,20-/m0/s1. The summed E-state index contributed by atoms with van der Waals surface area (Å²) in [5.74, 6) is 0.0984. The Hall–Kier alpha value is -2.41. The number of hydrogen-bond acceptors (Lipinski definition) is 4. The normalized spacial score (nSPS) is 27.0. The molecule has 1 aromatic carbocycles. The fourth-order valence-corrected chi connectivity index (χ4v) is 5.21. The van der Waals surface area contributed by atoms with Gasteiger partial charge in [0, 0.05) is 19.6 Å². The van der Waals surface area contributed by atoms with Gasteiger partial charge in [-0.3, -0.25) is 14.5 Å². The van der Waals surface area contributed by atoms with Crippen LogP contribution in [0.1, 0.15) is 44.1 Å². The highest BCUT2D eigenvalue weighted by Crippen LogP contribution is 2.31. The number of urea groups is 1. The van der Waals surface area contributed by atoms with Crippen LogP contribution in [-0.2, 0) is 16.1 Å². The van der Waals surface area contributed by atoms with Gasteiger partial charge in [0.2, 0.25) is 5.91 Å². The number of hydrogen-bond donors (Lipinski definition) is 1. The van der Waals surface area contributed by atoms with E-state index in [1.54, 1.807) is 4.90 Å². The number of nitrogens with one attached hydrogen (secondary N) is 1. The minimum Gasteiger partial charge on any atom is -0.345 e. The van der Waals surface area contributed by atoms with E-state index in [4.69, 9.17) is 0 Å². The molecule has 7 nitrogen and oxygen atoms in total. The lowest BCUT2D eigenvalue weighted by Gasteiger charge is -2.45. The number of nitrogens with zero attached hydrogens (tertiary/aromatic N) is 3. The van der Waals surface area contributed by atoms with E-state index < -0.39 is 12.1 Å². The van der Waals surface area contributed by atoms with Crippen molar-refractivity contribution in [2.75, 3.05) is 26.7 Å². The third kappa shape index (κ3) is 4.51. The molecule has 3 saturated heterocycles. The van der Waals surface area contributed by atoms with Crippen LogP contribution in [0.5, 0.6) is 0 Å². The van der Waals surface area contributed by atoms with E-state index in [0.717, 1.165) is 18.5 Å². The SMILES string of the molecule is CN(C[C@@H]1CCCN2CCCC[C@@H]12)C(=O)C[C@H]1NC(=O)N(Cc2ccccc2)C1=O. The molecule has 7 heteroatoms. The van der Waals surface area contributed by atoms with Gasteiger partial charge in [0.05, 0.1) is 13.0 Å². The second-order valence-electron chi connectivity index (χ2n) is 8.89. The average molecular weight is 413 g/mol. The first kappa shape index (κ1) is 20.8. The van der Waals surface area contributed by atoms with Crippen molar-refractivity contribution in [2.24, 2.45) is 5.92 Å².